The highest BCUT2D eigenvalue weighted by Gasteiger charge is 2.06. The summed E-state index contributed by atoms with van der Waals surface area (Å²) in [5.74, 6) is 0.0213. The molecule has 17 heavy (non-hydrogen) atoms. The van der Waals surface area contributed by atoms with Gasteiger partial charge in [-0.25, -0.2) is 4.79 Å². The van der Waals surface area contributed by atoms with Gasteiger partial charge in [0.1, 0.15) is 5.82 Å². The molecule has 0 saturated heterocycles. The van der Waals surface area contributed by atoms with Crippen molar-refractivity contribution in [3.05, 3.63) is 36.0 Å². The maximum absolute atomic E-state index is 11.4. The first-order valence-corrected chi connectivity index (χ1v) is 5.23. The molecular weight excluding hydrogens is 220 g/mol. The predicted octanol–water partition coefficient (Wildman–Crippen LogP) is 1.55. The van der Waals surface area contributed by atoms with E-state index in [1.165, 1.54) is 6.08 Å². The van der Waals surface area contributed by atoms with E-state index >= 15 is 0 Å². The van der Waals surface area contributed by atoms with E-state index in [1.807, 2.05) is 6.92 Å². The number of esters is 1. The van der Waals surface area contributed by atoms with Crippen LogP contribution in [0, 0.1) is 0 Å². The average molecular weight is 238 g/mol. The molecule has 1 amide bonds. The molecule has 0 atom stereocenters. The molecule has 0 spiro atoms. The van der Waals surface area contributed by atoms with Gasteiger partial charge in [0.05, 0.1) is 0 Å². The third kappa shape index (κ3) is 6.94. The fraction of sp³-hybridized carbons (Fsp3) is 0.333. The Kier molecular flexibility index (Phi) is 7.17. The van der Waals surface area contributed by atoms with Gasteiger partial charge in [-0.05, 0) is 25.8 Å². The van der Waals surface area contributed by atoms with Gasteiger partial charge in [-0.15, -0.1) is 0 Å². The Hall–Kier alpha value is -2.04. The van der Waals surface area contributed by atoms with Gasteiger partial charge in [-0.2, -0.15) is 0 Å². The second-order valence-electron chi connectivity index (χ2n) is 3.43. The molecule has 0 heterocycles. The number of allylic oxidation sites excluding steroid dienone is 2. The fourth-order valence-electron chi connectivity index (χ4n) is 0.846. The molecule has 94 valence electrons. The number of nitrogens with one attached hydrogen (secondary N) is 2. The number of hydrogen-bond donors (Lipinski definition) is 2. The van der Waals surface area contributed by atoms with E-state index < -0.39 is 5.97 Å². The summed E-state index contributed by atoms with van der Waals surface area (Å²) in [4.78, 5) is 21.5. The maximum Gasteiger partial charge on any atom is 0.337 e. The quantitative estimate of drug-likeness (QED) is 0.306. The van der Waals surface area contributed by atoms with Crippen molar-refractivity contribution in [2.24, 2.45) is 0 Å². The first-order valence-electron chi connectivity index (χ1n) is 5.23. The fourth-order valence-corrected chi connectivity index (χ4v) is 0.846. The van der Waals surface area contributed by atoms with Crippen LogP contribution in [0.25, 0.3) is 0 Å². The topological polar surface area (TPSA) is 67.4 Å². The zero-order chi connectivity index (χ0) is 13.3. The first kappa shape index (κ1) is 15.0. The highest BCUT2D eigenvalue weighted by Crippen LogP contribution is 2.04. The molecule has 2 N–H and O–H groups in total. The summed E-state index contributed by atoms with van der Waals surface area (Å²) in [5.41, 5.74) is 0.761. The number of rotatable bonds is 7. The molecule has 0 bridgehead atoms. The standard InChI is InChI=1S/C12H18N2O3/c1-5-6-7-11(16)17-12(9(2)3)14-10(4)13-8-15/h6-8,14H,4-5H2,1-3H3,(H,13,15)/b7-6+. The second kappa shape index (κ2) is 8.15. The van der Waals surface area contributed by atoms with Gasteiger partial charge in [0.25, 0.3) is 0 Å². The van der Waals surface area contributed by atoms with Crippen molar-refractivity contribution < 1.29 is 14.3 Å². The third-order valence-corrected chi connectivity index (χ3v) is 1.64. The average Bonchev–Trinajstić information content (AvgIpc) is 2.25. The Morgan fingerprint density at radius 3 is 2.53 bits per heavy atom. The molecule has 0 saturated carbocycles. The van der Waals surface area contributed by atoms with E-state index in [9.17, 15) is 9.59 Å². The highest BCUT2D eigenvalue weighted by molar-refractivity contribution is 5.82. The predicted molar refractivity (Wildman–Crippen MR) is 65.4 cm³/mol. The van der Waals surface area contributed by atoms with Crippen LogP contribution >= 0.6 is 0 Å². The lowest BCUT2D eigenvalue weighted by molar-refractivity contribution is -0.134. The molecule has 0 aliphatic heterocycles. The Labute approximate surface area is 101 Å². The van der Waals surface area contributed by atoms with Crippen molar-refractivity contribution >= 4 is 12.4 Å². The smallest absolute Gasteiger partial charge is 0.337 e. The molecule has 5 heteroatoms. The zero-order valence-corrected chi connectivity index (χ0v) is 10.4. The lowest BCUT2D eigenvalue weighted by Gasteiger charge is -2.13. The minimum atomic E-state index is -0.477. The molecule has 0 aromatic heterocycles. The summed E-state index contributed by atoms with van der Waals surface area (Å²) in [6.07, 6.45) is 4.28. The van der Waals surface area contributed by atoms with Crippen LogP contribution in [0.4, 0.5) is 0 Å². The molecule has 0 rings (SSSR count). The van der Waals surface area contributed by atoms with Crippen LogP contribution in [0.3, 0.4) is 0 Å². The van der Waals surface area contributed by atoms with Crippen LogP contribution in [-0.4, -0.2) is 12.4 Å². The van der Waals surface area contributed by atoms with Gasteiger partial charge < -0.3 is 15.4 Å². The van der Waals surface area contributed by atoms with Crippen LogP contribution in [-0.2, 0) is 14.3 Å². The largest absolute Gasteiger partial charge is 0.406 e. The minimum absolute atomic E-state index is 0.239. The molecule has 0 aromatic rings. The molecular formula is C12H18N2O3. The van der Waals surface area contributed by atoms with Crippen molar-refractivity contribution in [2.75, 3.05) is 0 Å². The lowest BCUT2D eigenvalue weighted by atomic mass is 10.3. The van der Waals surface area contributed by atoms with Gasteiger partial charge in [0, 0.05) is 6.08 Å². The molecule has 0 radical (unpaired) electrons. The zero-order valence-electron chi connectivity index (χ0n) is 10.4. The molecule has 5 nitrogen and oxygen atoms in total. The minimum Gasteiger partial charge on any atom is -0.406 e. The number of carbonyl (C=O) groups is 2. The van der Waals surface area contributed by atoms with Gasteiger partial charge in [0.2, 0.25) is 12.3 Å². The van der Waals surface area contributed by atoms with Crippen LogP contribution in [0.15, 0.2) is 36.0 Å². The Morgan fingerprint density at radius 1 is 1.41 bits per heavy atom. The van der Waals surface area contributed by atoms with E-state index in [0.717, 1.165) is 12.0 Å². The monoisotopic (exact) mass is 238 g/mol. The molecule has 0 aliphatic rings. The van der Waals surface area contributed by atoms with Crippen molar-refractivity contribution in [3.63, 3.8) is 0 Å². The van der Waals surface area contributed by atoms with E-state index in [1.54, 1.807) is 19.9 Å². The summed E-state index contributed by atoms with van der Waals surface area (Å²) < 4.78 is 5.06. The van der Waals surface area contributed by atoms with Crippen molar-refractivity contribution in [1.29, 1.82) is 0 Å². The third-order valence-electron chi connectivity index (χ3n) is 1.64. The number of amides is 1. The Morgan fingerprint density at radius 2 is 2.06 bits per heavy atom. The maximum atomic E-state index is 11.4. The Bertz CT molecular complexity index is 353. The number of ether oxygens (including phenoxy) is 1. The summed E-state index contributed by atoms with van der Waals surface area (Å²) in [7, 11) is 0. The summed E-state index contributed by atoms with van der Waals surface area (Å²) in [6.45, 7) is 9.00. The van der Waals surface area contributed by atoms with E-state index in [0.29, 0.717) is 6.41 Å². The normalized spacial score (nSPS) is 9.59. The molecule has 0 fully saturated rings. The van der Waals surface area contributed by atoms with Gasteiger partial charge in [-0.3, -0.25) is 4.79 Å². The SMILES string of the molecule is C=C(NC=O)NC(OC(=O)/C=C/CC)=C(C)C. The van der Waals surface area contributed by atoms with Crippen LogP contribution in [0.2, 0.25) is 0 Å². The van der Waals surface area contributed by atoms with Crippen molar-refractivity contribution in [3.8, 4) is 0 Å². The molecule has 0 aromatic carbocycles. The van der Waals surface area contributed by atoms with Crippen LogP contribution < -0.4 is 10.6 Å². The van der Waals surface area contributed by atoms with E-state index in [4.69, 9.17) is 4.74 Å². The van der Waals surface area contributed by atoms with E-state index in [2.05, 4.69) is 17.2 Å². The second-order valence-corrected chi connectivity index (χ2v) is 3.43. The highest BCUT2D eigenvalue weighted by atomic mass is 16.5. The van der Waals surface area contributed by atoms with E-state index in [-0.39, 0.29) is 11.7 Å². The van der Waals surface area contributed by atoms with Gasteiger partial charge >= 0.3 is 5.97 Å². The van der Waals surface area contributed by atoms with Crippen molar-refractivity contribution in [2.45, 2.75) is 27.2 Å². The van der Waals surface area contributed by atoms with Crippen LogP contribution in [0.5, 0.6) is 0 Å². The number of carbonyl (C=O) groups excluding carboxylic acids is 2. The van der Waals surface area contributed by atoms with Gasteiger partial charge in [0.15, 0.2) is 0 Å². The Balaban J connectivity index is 4.52. The van der Waals surface area contributed by atoms with Crippen LogP contribution in [0.1, 0.15) is 27.2 Å². The summed E-state index contributed by atoms with van der Waals surface area (Å²) in [6, 6.07) is 0. The van der Waals surface area contributed by atoms with Gasteiger partial charge in [-0.1, -0.05) is 19.6 Å². The first-order chi connectivity index (χ1) is 8.01. The molecule has 0 unspecified atom stereocenters. The lowest BCUT2D eigenvalue weighted by Crippen LogP contribution is -2.26. The summed E-state index contributed by atoms with van der Waals surface area (Å²) >= 11 is 0. The molecule has 0 aliphatic carbocycles. The summed E-state index contributed by atoms with van der Waals surface area (Å²) in [5, 5.41) is 5.01. The van der Waals surface area contributed by atoms with Crippen molar-refractivity contribution in [1.82, 2.24) is 10.6 Å². The number of hydrogen-bond acceptors (Lipinski definition) is 4.